The molecule has 1 aromatic rings. The molecule has 1 rings (SSSR count). The van der Waals surface area contributed by atoms with Gasteiger partial charge in [0.1, 0.15) is 14.4 Å². The lowest BCUT2D eigenvalue weighted by Crippen LogP contribution is -2.16. The molecule has 1 heterocycles. The van der Waals surface area contributed by atoms with Crippen molar-refractivity contribution in [1.82, 2.24) is 9.55 Å². The Bertz CT molecular complexity index is 271. The van der Waals surface area contributed by atoms with Crippen molar-refractivity contribution in [2.24, 2.45) is 0 Å². The second kappa shape index (κ2) is 2.93. The lowest BCUT2D eigenvalue weighted by Gasteiger charge is -2.02. The summed E-state index contributed by atoms with van der Waals surface area (Å²) in [6.45, 7) is 6.66. The van der Waals surface area contributed by atoms with Crippen molar-refractivity contribution in [2.75, 3.05) is 0 Å². The molecular formula is C8H12N2Si. The highest BCUT2D eigenvalue weighted by atomic mass is 28.3. The fourth-order valence-corrected chi connectivity index (χ4v) is 1.02. The molecule has 0 unspecified atom stereocenters. The second-order valence-electron chi connectivity index (χ2n) is 3.46. The molecule has 0 atom stereocenters. The van der Waals surface area contributed by atoms with Crippen LogP contribution in [0.1, 0.15) is 0 Å². The number of imidazole rings is 1. The van der Waals surface area contributed by atoms with Gasteiger partial charge in [0.2, 0.25) is 0 Å². The minimum atomic E-state index is -1.22. The molecule has 0 spiro atoms. The standard InChI is InChI=1S/C8H12N2Si/c1-11(2,3)7-6-10-5-4-9-8-10/h4-5,8H,1-3H3. The first-order chi connectivity index (χ1) is 5.08. The van der Waals surface area contributed by atoms with Crippen molar-refractivity contribution in [1.29, 1.82) is 0 Å². The molecule has 1 aromatic heterocycles. The van der Waals surface area contributed by atoms with E-state index in [4.69, 9.17) is 0 Å². The molecule has 58 valence electrons. The normalized spacial score (nSPS) is 10.5. The van der Waals surface area contributed by atoms with E-state index < -0.39 is 8.07 Å². The molecular weight excluding hydrogens is 152 g/mol. The summed E-state index contributed by atoms with van der Waals surface area (Å²) in [4.78, 5) is 3.90. The van der Waals surface area contributed by atoms with Crippen LogP contribution in [0, 0.1) is 11.6 Å². The van der Waals surface area contributed by atoms with Crippen LogP contribution in [0.25, 0.3) is 0 Å². The van der Waals surface area contributed by atoms with Crippen LogP contribution in [0.4, 0.5) is 0 Å². The summed E-state index contributed by atoms with van der Waals surface area (Å²) in [6, 6.07) is 3.03. The Hall–Kier alpha value is -1.01. The molecule has 0 bridgehead atoms. The second-order valence-corrected chi connectivity index (χ2v) is 8.21. The van der Waals surface area contributed by atoms with E-state index in [1.54, 1.807) is 17.1 Å². The van der Waals surface area contributed by atoms with Gasteiger partial charge in [0, 0.05) is 18.4 Å². The highest BCUT2D eigenvalue weighted by Crippen LogP contribution is 1.96. The average molecular weight is 164 g/mol. The van der Waals surface area contributed by atoms with Crippen LogP contribution in [0.15, 0.2) is 18.7 Å². The number of aromatic nitrogens is 2. The van der Waals surface area contributed by atoms with E-state index in [0.29, 0.717) is 0 Å². The zero-order chi connectivity index (χ0) is 8.32. The van der Waals surface area contributed by atoms with E-state index in [0.717, 1.165) is 0 Å². The van der Waals surface area contributed by atoms with Gasteiger partial charge in [-0.15, -0.1) is 5.54 Å². The number of hydrogen-bond acceptors (Lipinski definition) is 1. The predicted molar refractivity (Wildman–Crippen MR) is 48.7 cm³/mol. The van der Waals surface area contributed by atoms with Gasteiger partial charge in [-0.3, -0.25) is 4.57 Å². The third-order valence-electron chi connectivity index (χ3n) is 1.06. The number of hydrogen-bond donors (Lipinski definition) is 0. The van der Waals surface area contributed by atoms with Gasteiger partial charge in [-0.1, -0.05) is 19.6 Å². The maximum atomic E-state index is 3.90. The van der Waals surface area contributed by atoms with Crippen LogP contribution in [-0.4, -0.2) is 17.6 Å². The predicted octanol–water partition coefficient (Wildman–Crippen LogP) is 1.57. The van der Waals surface area contributed by atoms with Crippen molar-refractivity contribution in [3.63, 3.8) is 0 Å². The molecule has 0 aromatic carbocycles. The Labute approximate surface area is 68.3 Å². The first-order valence-electron chi connectivity index (χ1n) is 3.59. The molecule has 11 heavy (non-hydrogen) atoms. The van der Waals surface area contributed by atoms with Crippen molar-refractivity contribution in [3.8, 4) is 11.6 Å². The lowest BCUT2D eigenvalue weighted by molar-refractivity contribution is 1.11. The van der Waals surface area contributed by atoms with Gasteiger partial charge in [-0.25, -0.2) is 4.98 Å². The van der Waals surface area contributed by atoms with E-state index in [1.807, 2.05) is 6.20 Å². The van der Waals surface area contributed by atoms with Crippen LogP contribution in [0.2, 0.25) is 19.6 Å². The summed E-state index contributed by atoms with van der Waals surface area (Å²) in [5.74, 6) is 0. The van der Waals surface area contributed by atoms with Crippen LogP contribution < -0.4 is 0 Å². The molecule has 0 fully saturated rings. The summed E-state index contributed by atoms with van der Waals surface area (Å²) in [5, 5.41) is 0. The average Bonchev–Trinajstić information content (AvgIpc) is 2.32. The van der Waals surface area contributed by atoms with E-state index in [2.05, 4.69) is 36.2 Å². The highest BCUT2D eigenvalue weighted by molar-refractivity contribution is 6.83. The number of rotatable bonds is 0. The van der Waals surface area contributed by atoms with E-state index in [9.17, 15) is 0 Å². The van der Waals surface area contributed by atoms with Gasteiger partial charge in [0.25, 0.3) is 0 Å². The largest absolute Gasteiger partial charge is 0.266 e. The SMILES string of the molecule is C[Si](C)(C)C#Cn1ccnc1. The molecule has 3 heteroatoms. The lowest BCUT2D eigenvalue weighted by atomic mass is 10.9. The van der Waals surface area contributed by atoms with Crippen molar-refractivity contribution < 1.29 is 0 Å². The van der Waals surface area contributed by atoms with Gasteiger partial charge in [-0.2, -0.15) is 0 Å². The first-order valence-corrected chi connectivity index (χ1v) is 7.09. The summed E-state index contributed by atoms with van der Waals surface area (Å²) in [6.07, 6.45) is 5.30. The number of nitrogens with zero attached hydrogens (tertiary/aromatic N) is 2. The maximum Gasteiger partial charge on any atom is 0.131 e. The minimum Gasteiger partial charge on any atom is -0.266 e. The molecule has 0 aliphatic rings. The molecule has 0 saturated carbocycles. The fraction of sp³-hybridized carbons (Fsp3) is 0.375. The van der Waals surface area contributed by atoms with Gasteiger partial charge >= 0.3 is 0 Å². The molecule has 0 aliphatic carbocycles. The van der Waals surface area contributed by atoms with Gasteiger partial charge in [0.05, 0.1) is 0 Å². The van der Waals surface area contributed by atoms with Crippen molar-refractivity contribution in [2.45, 2.75) is 19.6 Å². The van der Waals surface area contributed by atoms with Crippen LogP contribution in [-0.2, 0) is 0 Å². The third kappa shape index (κ3) is 3.05. The van der Waals surface area contributed by atoms with E-state index in [1.165, 1.54) is 0 Å². The molecule has 0 amide bonds. The first kappa shape index (κ1) is 8.09. The quantitative estimate of drug-likeness (QED) is 0.420. The molecule has 0 radical (unpaired) electrons. The third-order valence-corrected chi connectivity index (χ3v) is 1.93. The van der Waals surface area contributed by atoms with E-state index >= 15 is 0 Å². The summed E-state index contributed by atoms with van der Waals surface area (Å²) in [7, 11) is -1.22. The Kier molecular flexibility index (Phi) is 2.15. The maximum absolute atomic E-state index is 3.90. The topological polar surface area (TPSA) is 17.8 Å². The Morgan fingerprint density at radius 2 is 2.09 bits per heavy atom. The summed E-state index contributed by atoms with van der Waals surface area (Å²) in [5.41, 5.74) is 3.24. The molecule has 0 aliphatic heterocycles. The van der Waals surface area contributed by atoms with Crippen LogP contribution in [0.3, 0.4) is 0 Å². The van der Waals surface area contributed by atoms with Gasteiger partial charge in [0.15, 0.2) is 0 Å². The summed E-state index contributed by atoms with van der Waals surface area (Å²) >= 11 is 0. The van der Waals surface area contributed by atoms with Crippen LogP contribution >= 0.6 is 0 Å². The van der Waals surface area contributed by atoms with Gasteiger partial charge < -0.3 is 0 Å². The smallest absolute Gasteiger partial charge is 0.131 e. The zero-order valence-corrected chi connectivity index (χ0v) is 8.13. The van der Waals surface area contributed by atoms with Gasteiger partial charge in [-0.05, 0) is 0 Å². The summed E-state index contributed by atoms with van der Waals surface area (Å²) < 4.78 is 1.79. The fourth-order valence-electron chi connectivity index (χ4n) is 0.558. The monoisotopic (exact) mass is 164 g/mol. The zero-order valence-electron chi connectivity index (χ0n) is 7.13. The molecule has 0 saturated heterocycles. The van der Waals surface area contributed by atoms with E-state index in [-0.39, 0.29) is 0 Å². The van der Waals surface area contributed by atoms with Crippen molar-refractivity contribution in [3.05, 3.63) is 18.7 Å². The Balaban J connectivity index is 2.74. The Morgan fingerprint density at radius 1 is 1.36 bits per heavy atom. The van der Waals surface area contributed by atoms with Crippen molar-refractivity contribution >= 4 is 8.07 Å². The molecule has 2 nitrogen and oxygen atoms in total. The van der Waals surface area contributed by atoms with Crippen LogP contribution in [0.5, 0.6) is 0 Å². The Morgan fingerprint density at radius 3 is 2.55 bits per heavy atom. The minimum absolute atomic E-state index is 1.22. The highest BCUT2D eigenvalue weighted by Gasteiger charge is 2.07. The molecule has 0 N–H and O–H groups in total.